The summed E-state index contributed by atoms with van der Waals surface area (Å²) >= 11 is 0. The van der Waals surface area contributed by atoms with Crippen molar-refractivity contribution in [2.24, 2.45) is 17.8 Å². The molecule has 3 unspecified atom stereocenters. The zero-order chi connectivity index (χ0) is 7.35. The van der Waals surface area contributed by atoms with Crippen LogP contribution in [0.5, 0.6) is 0 Å². The quantitative estimate of drug-likeness (QED) is 0.620. The second-order valence-electron chi connectivity index (χ2n) is 4.22. The van der Waals surface area contributed by atoms with Gasteiger partial charge in [-0.3, -0.25) is 0 Å². The van der Waals surface area contributed by atoms with Gasteiger partial charge >= 0.3 is 0 Å². The average molecular weight is 140 g/mol. The fourth-order valence-electron chi connectivity index (χ4n) is 2.07. The van der Waals surface area contributed by atoms with Crippen LogP contribution in [0.15, 0.2) is 0 Å². The van der Waals surface area contributed by atoms with Crippen LogP contribution in [0, 0.1) is 17.8 Å². The van der Waals surface area contributed by atoms with Crippen LogP contribution in [0.1, 0.15) is 33.1 Å². The lowest BCUT2D eigenvalue weighted by Crippen LogP contribution is -2.22. The van der Waals surface area contributed by atoms with Gasteiger partial charge in [0.1, 0.15) is 0 Å². The number of aliphatic hydroxyl groups is 1. The second kappa shape index (κ2) is 1.76. The van der Waals surface area contributed by atoms with E-state index in [0.29, 0.717) is 11.8 Å². The molecule has 0 saturated heterocycles. The van der Waals surface area contributed by atoms with E-state index < -0.39 is 0 Å². The standard InChI is InChI=1S/C9H16O/c1-6-5-9(6,10)7(2)8-3-4-8/h6-8,10H,3-5H2,1-2H3. The van der Waals surface area contributed by atoms with E-state index in [-0.39, 0.29) is 5.60 Å². The zero-order valence-corrected chi connectivity index (χ0v) is 6.80. The summed E-state index contributed by atoms with van der Waals surface area (Å²) in [5, 5.41) is 9.88. The van der Waals surface area contributed by atoms with Crippen molar-refractivity contribution < 1.29 is 5.11 Å². The van der Waals surface area contributed by atoms with Gasteiger partial charge in [0.25, 0.3) is 0 Å². The minimum absolute atomic E-state index is 0.249. The summed E-state index contributed by atoms with van der Waals surface area (Å²) in [6.07, 6.45) is 3.76. The molecule has 0 aromatic rings. The van der Waals surface area contributed by atoms with Crippen LogP contribution in [0.4, 0.5) is 0 Å². The lowest BCUT2D eigenvalue weighted by molar-refractivity contribution is 0.0654. The zero-order valence-electron chi connectivity index (χ0n) is 6.80. The van der Waals surface area contributed by atoms with Gasteiger partial charge in [-0.1, -0.05) is 13.8 Å². The van der Waals surface area contributed by atoms with Crippen molar-refractivity contribution in [1.29, 1.82) is 0 Å². The lowest BCUT2D eigenvalue weighted by Gasteiger charge is -2.17. The van der Waals surface area contributed by atoms with Crippen LogP contribution in [-0.4, -0.2) is 10.7 Å². The highest BCUT2D eigenvalue weighted by atomic mass is 16.3. The molecule has 10 heavy (non-hydrogen) atoms. The van der Waals surface area contributed by atoms with Crippen LogP contribution in [0.2, 0.25) is 0 Å². The third-order valence-corrected chi connectivity index (χ3v) is 3.44. The maximum absolute atomic E-state index is 9.88. The maximum Gasteiger partial charge on any atom is 0.0705 e. The molecule has 2 rings (SSSR count). The maximum atomic E-state index is 9.88. The van der Waals surface area contributed by atoms with E-state index in [0.717, 1.165) is 12.3 Å². The molecule has 0 aromatic heterocycles. The van der Waals surface area contributed by atoms with Crippen molar-refractivity contribution in [2.45, 2.75) is 38.7 Å². The van der Waals surface area contributed by atoms with Crippen molar-refractivity contribution >= 4 is 0 Å². The number of hydrogen-bond donors (Lipinski definition) is 1. The first-order valence-corrected chi connectivity index (χ1v) is 4.37. The van der Waals surface area contributed by atoms with Gasteiger partial charge in [0, 0.05) is 0 Å². The van der Waals surface area contributed by atoms with Gasteiger partial charge < -0.3 is 5.11 Å². The molecule has 2 fully saturated rings. The molecule has 0 aliphatic heterocycles. The van der Waals surface area contributed by atoms with Gasteiger partial charge in [-0.2, -0.15) is 0 Å². The largest absolute Gasteiger partial charge is 0.389 e. The molecule has 0 aromatic carbocycles. The first kappa shape index (κ1) is 6.66. The Morgan fingerprint density at radius 3 is 2.30 bits per heavy atom. The van der Waals surface area contributed by atoms with E-state index >= 15 is 0 Å². The predicted molar refractivity (Wildman–Crippen MR) is 40.6 cm³/mol. The summed E-state index contributed by atoms with van der Waals surface area (Å²) in [6.45, 7) is 4.36. The van der Waals surface area contributed by atoms with Gasteiger partial charge in [0.15, 0.2) is 0 Å². The normalized spacial score (nSPS) is 48.9. The Morgan fingerprint density at radius 1 is 1.50 bits per heavy atom. The molecule has 2 aliphatic carbocycles. The molecule has 3 atom stereocenters. The molecule has 0 bridgehead atoms. The smallest absolute Gasteiger partial charge is 0.0705 e. The summed E-state index contributed by atoms with van der Waals surface area (Å²) in [4.78, 5) is 0. The molecule has 0 spiro atoms. The van der Waals surface area contributed by atoms with Crippen LogP contribution in [0.3, 0.4) is 0 Å². The van der Waals surface area contributed by atoms with Gasteiger partial charge in [-0.15, -0.1) is 0 Å². The summed E-state index contributed by atoms with van der Waals surface area (Å²) in [5.74, 6) is 2.00. The Labute approximate surface area is 62.4 Å². The van der Waals surface area contributed by atoms with E-state index in [1.807, 2.05) is 0 Å². The first-order valence-electron chi connectivity index (χ1n) is 4.37. The molecule has 1 N–H and O–H groups in total. The van der Waals surface area contributed by atoms with Crippen molar-refractivity contribution in [3.8, 4) is 0 Å². The van der Waals surface area contributed by atoms with E-state index in [2.05, 4.69) is 13.8 Å². The molecule has 0 heterocycles. The highest BCUT2D eigenvalue weighted by molar-refractivity contribution is 5.07. The molecule has 1 heteroatoms. The third-order valence-electron chi connectivity index (χ3n) is 3.44. The van der Waals surface area contributed by atoms with Crippen molar-refractivity contribution in [3.05, 3.63) is 0 Å². The molecule has 0 radical (unpaired) electrons. The monoisotopic (exact) mass is 140 g/mol. The predicted octanol–water partition coefficient (Wildman–Crippen LogP) is 1.80. The summed E-state index contributed by atoms with van der Waals surface area (Å²) < 4.78 is 0. The topological polar surface area (TPSA) is 20.2 Å². The van der Waals surface area contributed by atoms with Crippen molar-refractivity contribution in [1.82, 2.24) is 0 Å². The average Bonchev–Trinajstić information content (AvgIpc) is 2.70. The van der Waals surface area contributed by atoms with E-state index in [1.54, 1.807) is 0 Å². The summed E-state index contributed by atoms with van der Waals surface area (Å²) in [5.41, 5.74) is -0.249. The molecular formula is C9H16O. The Balaban J connectivity index is 1.97. The minimum atomic E-state index is -0.249. The van der Waals surface area contributed by atoms with Gasteiger partial charge in [0.2, 0.25) is 0 Å². The first-order chi connectivity index (χ1) is 4.64. The van der Waals surface area contributed by atoms with Gasteiger partial charge in [-0.05, 0) is 37.0 Å². The van der Waals surface area contributed by atoms with Crippen molar-refractivity contribution in [2.75, 3.05) is 0 Å². The Bertz CT molecular complexity index is 151. The highest BCUT2D eigenvalue weighted by Gasteiger charge is 2.56. The third kappa shape index (κ3) is 0.800. The molecule has 2 saturated carbocycles. The Morgan fingerprint density at radius 2 is 2.00 bits per heavy atom. The minimum Gasteiger partial charge on any atom is -0.389 e. The number of hydrogen-bond acceptors (Lipinski definition) is 1. The fraction of sp³-hybridized carbons (Fsp3) is 1.00. The van der Waals surface area contributed by atoms with E-state index in [1.165, 1.54) is 12.8 Å². The van der Waals surface area contributed by atoms with Crippen LogP contribution in [-0.2, 0) is 0 Å². The Hall–Kier alpha value is -0.0400. The second-order valence-corrected chi connectivity index (χ2v) is 4.22. The SMILES string of the molecule is CC1CC1(O)C(C)C1CC1. The van der Waals surface area contributed by atoms with E-state index in [9.17, 15) is 5.11 Å². The summed E-state index contributed by atoms with van der Waals surface area (Å²) in [6, 6.07) is 0. The molecular weight excluding hydrogens is 124 g/mol. The highest BCUT2D eigenvalue weighted by Crippen LogP contribution is 2.55. The molecule has 0 amide bonds. The molecule has 58 valence electrons. The van der Waals surface area contributed by atoms with Crippen LogP contribution in [0.25, 0.3) is 0 Å². The van der Waals surface area contributed by atoms with Gasteiger partial charge in [0.05, 0.1) is 5.60 Å². The van der Waals surface area contributed by atoms with Gasteiger partial charge in [-0.25, -0.2) is 0 Å². The van der Waals surface area contributed by atoms with E-state index in [4.69, 9.17) is 0 Å². The Kier molecular flexibility index (Phi) is 1.17. The molecule has 2 aliphatic rings. The van der Waals surface area contributed by atoms with Crippen LogP contribution >= 0.6 is 0 Å². The van der Waals surface area contributed by atoms with Crippen molar-refractivity contribution in [3.63, 3.8) is 0 Å². The lowest BCUT2D eigenvalue weighted by atomic mass is 9.95. The molecule has 1 nitrogen and oxygen atoms in total. The number of rotatable bonds is 2. The van der Waals surface area contributed by atoms with Crippen LogP contribution < -0.4 is 0 Å². The summed E-state index contributed by atoms with van der Waals surface area (Å²) in [7, 11) is 0. The fourth-order valence-corrected chi connectivity index (χ4v) is 2.07.